The minimum Gasteiger partial charge on any atom is -0.297 e. The molecule has 1 heterocycles. The lowest BCUT2D eigenvalue weighted by atomic mass is 9.74. The van der Waals surface area contributed by atoms with Gasteiger partial charge in [0, 0.05) is 18.0 Å². The van der Waals surface area contributed by atoms with Gasteiger partial charge < -0.3 is 0 Å². The number of nitriles is 1. The van der Waals surface area contributed by atoms with Crippen LogP contribution in [0.3, 0.4) is 0 Å². The van der Waals surface area contributed by atoms with Crippen molar-refractivity contribution in [3.05, 3.63) is 16.6 Å². The minimum atomic E-state index is -0.924. The summed E-state index contributed by atoms with van der Waals surface area (Å²) in [7, 11) is 0. The first-order valence-corrected chi connectivity index (χ1v) is 5.52. The second-order valence-electron chi connectivity index (χ2n) is 3.48. The molecule has 2 rings (SSSR count). The SMILES string of the molecule is N#CC1(c2nccs2)CCCCC1=O. The lowest BCUT2D eigenvalue weighted by molar-refractivity contribution is -0.124. The number of nitrogens with zero attached hydrogens (tertiary/aromatic N) is 2. The van der Waals surface area contributed by atoms with E-state index in [-0.39, 0.29) is 5.78 Å². The van der Waals surface area contributed by atoms with Gasteiger partial charge in [0.1, 0.15) is 5.01 Å². The summed E-state index contributed by atoms with van der Waals surface area (Å²) in [4.78, 5) is 15.9. The molecule has 0 saturated heterocycles. The molecule has 0 radical (unpaired) electrons. The summed E-state index contributed by atoms with van der Waals surface area (Å²) in [6, 6.07) is 2.17. The molecule has 0 bridgehead atoms. The molecule has 0 aromatic carbocycles. The molecule has 72 valence electrons. The molecule has 14 heavy (non-hydrogen) atoms. The van der Waals surface area contributed by atoms with Crippen molar-refractivity contribution in [2.45, 2.75) is 31.1 Å². The summed E-state index contributed by atoms with van der Waals surface area (Å²) < 4.78 is 0. The normalized spacial score (nSPS) is 27.2. The maximum absolute atomic E-state index is 11.8. The molecule has 1 aliphatic rings. The molecule has 0 aliphatic heterocycles. The number of rotatable bonds is 1. The zero-order chi connectivity index (χ0) is 10.0. The van der Waals surface area contributed by atoms with E-state index in [9.17, 15) is 10.1 Å². The lowest BCUT2D eigenvalue weighted by Crippen LogP contribution is -2.37. The van der Waals surface area contributed by atoms with Crippen LogP contribution in [0.4, 0.5) is 0 Å². The van der Waals surface area contributed by atoms with Gasteiger partial charge in [0.05, 0.1) is 6.07 Å². The van der Waals surface area contributed by atoms with Crippen molar-refractivity contribution in [3.8, 4) is 6.07 Å². The van der Waals surface area contributed by atoms with Crippen molar-refractivity contribution in [1.82, 2.24) is 4.98 Å². The third-order valence-corrected chi connectivity index (χ3v) is 3.60. The van der Waals surface area contributed by atoms with E-state index in [0.29, 0.717) is 17.8 Å². The molecule has 1 fully saturated rings. The van der Waals surface area contributed by atoms with Crippen LogP contribution in [-0.2, 0) is 10.2 Å². The third-order valence-electron chi connectivity index (χ3n) is 2.67. The van der Waals surface area contributed by atoms with E-state index in [4.69, 9.17) is 0 Å². The fraction of sp³-hybridized carbons (Fsp3) is 0.500. The summed E-state index contributed by atoms with van der Waals surface area (Å²) in [5.74, 6) is 0.0428. The summed E-state index contributed by atoms with van der Waals surface area (Å²) in [5.41, 5.74) is -0.924. The zero-order valence-corrected chi connectivity index (χ0v) is 8.51. The molecule has 0 spiro atoms. The van der Waals surface area contributed by atoms with E-state index in [1.54, 1.807) is 6.20 Å². The Balaban J connectivity index is 2.44. The second-order valence-corrected chi connectivity index (χ2v) is 4.38. The number of hydrogen-bond acceptors (Lipinski definition) is 4. The van der Waals surface area contributed by atoms with Crippen molar-refractivity contribution < 1.29 is 4.79 Å². The number of carbonyl (C=O) groups excluding carboxylic acids is 1. The fourth-order valence-corrected chi connectivity index (χ4v) is 2.69. The van der Waals surface area contributed by atoms with Gasteiger partial charge in [-0.3, -0.25) is 4.79 Å². The average Bonchev–Trinajstić information content (AvgIpc) is 2.72. The molecule has 1 aliphatic carbocycles. The van der Waals surface area contributed by atoms with Crippen LogP contribution >= 0.6 is 11.3 Å². The number of thiazole rings is 1. The third kappa shape index (κ3) is 1.25. The standard InChI is InChI=1S/C10H10N2OS/c11-7-10(9-12-5-6-14-9)4-2-1-3-8(10)13/h5-6H,1-4H2. The Morgan fingerprint density at radius 3 is 3.00 bits per heavy atom. The molecule has 1 aromatic heterocycles. The van der Waals surface area contributed by atoms with Crippen molar-refractivity contribution in [1.29, 1.82) is 5.26 Å². The van der Waals surface area contributed by atoms with E-state index in [1.807, 2.05) is 5.38 Å². The van der Waals surface area contributed by atoms with Crippen LogP contribution < -0.4 is 0 Å². The Hall–Kier alpha value is -1.21. The molecule has 1 aromatic rings. The first kappa shape index (κ1) is 9.35. The summed E-state index contributed by atoms with van der Waals surface area (Å²) in [6.45, 7) is 0. The van der Waals surface area contributed by atoms with Gasteiger partial charge in [-0.1, -0.05) is 6.42 Å². The van der Waals surface area contributed by atoms with E-state index in [0.717, 1.165) is 12.8 Å². The number of ketones is 1. The molecule has 0 amide bonds. The van der Waals surface area contributed by atoms with Gasteiger partial charge in [-0.05, 0) is 12.8 Å². The van der Waals surface area contributed by atoms with Gasteiger partial charge in [0.15, 0.2) is 11.2 Å². The van der Waals surface area contributed by atoms with Gasteiger partial charge in [-0.15, -0.1) is 11.3 Å². The van der Waals surface area contributed by atoms with Crippen molar-refractivity contribution in [3.63, 3.8) is 0 Å². The highest BCUT2D eigenvalue weighted by molar-refractivity contribution is 7.09. The van der Waals surface area contributed by atoms with Gasteiger partial charge in [-0.2, -0.15) is 5.26 Å². The van der Waals surface area contributed by atoms with Crippen molar-refractivity contribution in [2.24, 2.45) is 0 Å². The van der Waals surface area contributed by atoms with Crippen LogP contribution in [0.25, 0.3) is 0 Å². The molecule has 1 atom stereocenters. The first-order chi connectivity index (χ1) is 6.79. The highest BCUT2D eigenvalue weighted by Crippen LogP contribution is 2.37. The molecular weight excluding hydrogens is 196 g/mol. The van der Waals surface area contributed by atoms with Crippen molar-refractivity contribution in [2.75, 3.05) is 0 Å². The summed E-state index contributed by atoms with van der Waals surface area (Å²) in [5, 5.41) is 11.7. The summed E-state index contributed by atoms with van der Waals surface area (Å²) in [6.07, 6.45) is 4.66. The Bertz CT molecular complexity index is 379. The zero-order valence-electron chi connectivity index (χ0n) is 7.69. The van der Waals surface area contributed by atoms with Crippen molar-refractivity contribution >= 4 is 17.1 Å². The van der Waals surface area contributed by atoms with Crippen LogP contribution in [0.1, 0.15) is 30.7 Å². The fourth-order valence-electron chi connectivity index (χ4n) is 1.86. The number of Topliss-reactive ketones (excluding diaryl/α,β-unsaturated/α-hetero) is 1. The lowest BCUT2D eigenvalue weighted by Gasteiger charge is -2.26. The Morgan fingerprint density at radius 1 is 1.57 bits per heavy atom. The van der Waals surface area contributed by atoms with E-state index >= 15 is 0 Å². The Kier molecular flexibility index (Phi) is 2.34. The molecule has 0 N–H and O–H groups in total. The van der Waals surface area contributed by atoms with Crippen LogP contribution in [0.2, 0.25) is 0 Å². The van der Waals surface area contributed by atoms with Crippen LogP contribution in [0.5, 0.6) is 0 Å². The summed E-state index contributed by atoms with van der Waals surface area (Å²) >= 11 is 1.40. The predicted molar refractivity (Wildman–Crippen MR) is 52.9 cm³/mol. The quantitative estimate of drug-likeness (QED) is 0.706. The molecular formula is C10H10N2OS. The number of hydrogen-bond donors (Lipinski definition) is 0. The molecule has 1 unspecified atom stereocenters. The van der Waals surface area contributed by atoms with Crippen LogP contribution in [0, 0.1) is 11.3 Å². The Labute approximate surface area is 86.4 Å². The van der Waals surface area contributed by atoms with E-state index in [1.165, 1.54) is 11.3 Å². The topological polar surface area (TPSA) is 53.8 Å². The first-order valence-electron chi connectivity index (χ1n) is 4.64. The maximum atomic E-state index is 11.8. The highest BCUT2D eigenvalue weighted by atomic mass is 32.1. The second kappa shape index (κ2) is 3.50. The minimum absolute atomic E-state index is 0.0428. The molecule has 3 nitrogen and oxygen atoms in total. The average molecular weight is 206 g/mol. The van der Waals surface area contributed by atoms with Gasteiger partial charge in [-0.25, -0.2) is 4.98 Å². The predicted octanol–water partition coefficient (Wildman–Crippen LogP) is 2.05. The van der Waals surface area contributed by atoms with Gasteiger partial charge >= 0.3 is 0 Å². The van der Waals surface area contributed by atoms with Gasteiger partial charge in [0.25, 0.3) is 0 Å². The van der Waals surface area contributed by atoms with E-state index < -0.39 is 5.41 Å². The maximum Gasteiger partial charge on any atom is 0.167 e. The van der Waals surface area contributed by atoms with Crippen LogP contribution in [-0.4, -0.2) is 10.8 Å². The Morgan fingerprint density at radius 2 is 2.43 bits per heavy atom. The monoisotopic (exact) mass is 206 g/mol. The molecule has 4 heteroatoms. The van der Waals surface area contributed by atoms with E-state index in [2.05, 4.69) is 11.1 Å². The van der Waals surface area contributed by atoms with Crippen LogP contribution in [0.15, 0.2) is 11.6 Å². The van der Waals surface area contributed by atoms with Gasteiger partial charge in [0.2, 0.25) is 0 Å². The molecule has 1 saturated carbocycles. The number of carbonyl (C=O) groups is 1. The smallest absolute Gasteiger partial charge is 0.167 e. The number of aromatic nitrogens is 1. The highest BCUT2D eigenvalue weighted by Gasteiger charge is 2.43. The largest absolute Gasteiger partial charge is 0.297 e.